The second-order valence-corrected chi connectivity index (χ2v) is 8.21. The number of carbonyl (C=O) groups is 2. The molecule has 1 heterocycles. The van der Waals surface area contributed by atoms with Gasteiger partial charge in [-0.25, -0.2) is 4.68 Å². The van der Waals surface area contributed by atoms with Gasteiger partial charge in [0.05, 0.1) is 23.2 Å². The zero-order valence-corrected chi connectivity index (χ0v) is 16.9. The topological polar surface area (TPSA) is 84.2 Å². The fourth-order valence-corrected chi connectivity index (χ4v) is 4.91. The summed E-state index contributed by atoms with van der Waals surface area (Å²) in [5, 5.41) is 17.4. The molecule has 6 heteroatoms. The van der Waals surface area contributed by atoms with Crippen molar-refractivity contribution in [2.75, 3.05) is 0 Å². The van der Waals surface area contributed by atoms with E-state index in [1.807, 2.05) is 83.7 Å². The van der Waals surface area contributed by atoms with Crippen LogP contribution in [-0.4, -0.2) is 26.8 Å². The van der Waals surface area contributed by atoms with Crippen LogP contribution in [0.4, 0.5) is 0 Å². The lowest BCUT2D eigenvalue weighted by molar-refractivity contribution is -0.147. The molecule has 6 nitrogen and oxygen atoms in total. The van der Waals surface area contributed by atoms with Crippen LogP contribution in [0.1, 0.15) is 12.0 Å². The van der Waals surface area contributed by atoms with Gasteiger partial charge in [0.2, 0.25) is 5.91 Å². The number of allylic oxidation sites excluding steroid dienone is 2. The molecule has 0 spiro atoms. The number of hydrogen-bond acceptors (Lipinski definition) is 3. The Labute approximate surface area is 180 Å². The number of nitrogens with zero attached hydrogens (tertiary/aromatic N) is 2. The minimum Gasteiger partial charge on any atom is -0.481 e. The first-order valence-electron chi connectivity index (χ1n) is 10.5. The molecule has 2 aliphatic carbocycles. The highest BCUT2D eigenvalue weighted by atomic mass is 16.4. The molecule has 0 radical (unpaired) electrons. The summed E-state index contributed by atoms with van der Waals surface area (Å²) in [5.74, 6) is -2.28. The van der Waals surface area contributed by atoms with E-state index in [2.05, 4.69) is 5.32 Å². The first kappa shape index (κ1) is 19.3. The second kappa shape index (κ2) is 7.87. The van der Waals surface area contributed by atoms with E-state index in [1.165, 1.54) is 0 Å². The number of benzene rings is 2. The Bertz CT molecular complexity index is 1140. The maximum atomic E-state index is 13.0. The molecule has 1 saturated carbocycles. The summed E-state index contributed by atoms with van der Waals surface area (Å²) in [7, 11) is 0. The van der Waals surface area contributed by atoms with Gasteiger partial charge in [-0.15, -0.1) is 0 Å². The maximum Gasteiger partial charge on any atom is 0.307 e. The Morgan fingerprint density at radius 1 is 0.968 bits per heavy atom. The molecular weight excluding hydrogens is 390 g/mol. The van der Waals surface area contributed by atoms with Crippen molar-refractivity contribution in [1.82, 2.24) is 15.1 Å². The molecular formula is C25H23N3O3. The second-order valence-electron chi connectivity index (χ2n) is 8.21. The van der Waals surface area contributed by atoms with Crippen LogP contribution in [0.15, 0.2) is 79.0 Å². The van der Waals surface area contributed by atoms with Gasteiger partial charge in [-0.3, -0.25) is 9.59 Å². The summed E-state index contributed by atoms with van der Waals surface area (Å²) in [4.78, 5) is 24.8. The molecule has 5 rings (SSSR count). The monoisotopic (exact) mass is 413 g/mol. The van der Waals surface area contributed by atoms with E-state index in [-0.39, 0.29) is 17.7 Å². The number of nitrogens with one attached hydrogen (secondary N) is 1. The molecule has 2 bridgehead atoms. The third-order valence-corrected chi connectivity index (χ3v) is 6.36. The van der Waals surface area contributed by atoms with E-state index >= 15 is 0 Å². The van der Waals surface area contributed by atoms with Crippen LogP contribution in [-0.2, 0) is 16.1 Å². The third-order valence-electron chi connectivity index (χ3n) is 6.36. The molecule has 2 aliphatic rings. The van der Waals surface area contributed by atoms with Crippen LogP contribution in [0, 0.1) is 23.7 Å². The first-order chi connectivity index (χ1) is 15.1. The Hall–Kier alpha value is -3.67. The van der Waals surface area contributed by atoms with Crippen LogP contribution in [0.5, 0.6) is 0 Å². The lowest BCUT2D eigenvalue weighted by atomic mass is 9.82. The van der Waals surface area contributed by atoms with Crippen LogP contribution in [0.2, 0.25) is 0 Å². The van der Waals surface area contributed by atoms with Gasteiger partial charge in [0.25, 0.3) is 0 Å². The third kappa shape index (κ3) is 3.54. The lowest BCUT2D eigenvalue weighted by Crippen LogP contribution is -2.39. The predicted octanol–water partition coefficient (Wildman–Crippen LogP) is 3.68. The van der Waals surface area contributed by atoms with E-state index in [1.54, 1.807) is 0 Å². The molecule has 3 aromatic rings. The number of aliphatic carboxylic acids is 1. The lowest BCUT2D eigenvalue weighted by Gasteiger charge is -2.23. The molecule has 156 valence electrons. The van der Waals surface area contributed by atoms with Gasteiger partial charge in [0.1, 0.15) is 0 Å². The highest BCUT2D eigenvalue weighted by Gasteiger charge is 2.51. The van der Waals surface area contributed by atoms with Crippen molar-refractivity contribution in [3.05, 3.63) is 84.6 Å². The van der Waals surface area contributed by atoms with Gasteiger partial charge in [-0.2, -0.15) is 5.10 Å². The molecule has 0 aliphatic heterocycles. The van der Waals surface area contributed by atoms with Gasteiger partial charge >= 0.3 is 5.97 Å². The summed E-state index contributed by atoms with van der Waals surface area (Å²) in [5.41, 5.74) is 3.58. The fraction of sp³-hybridized carbons (Fsp3) is 0.240. The Balaban J connectivity index is 1.41. The summed E-state index contributed by atoms with van der Waals surface area (Å²) in [6.07, 6.45) is 6.62. The van der Waals surface area contributed by atoms with Gasteiger partial charge < -0.3 is 10.4 Å². The summed E-state index contributed by atoms with van der Waals surface area (Å²) in [6, 6.07) is 19.7. The molecule has 31 heavy (non-hydrogen) atoms. The quantitative estimate of drug-likeness (QED) is 0.604. The molecule has 4 atom stereocenters. The van der Waals surface area contributed by atoms with Gasteiger partial charge in [-0.05, 0) is 30.4 Å². The SMILES string of the molecule is O=C(O)[C@@H]1[C@H](C(=O)NCc2cn(-c3ccccc3)nc2-c2ccccc2)[C@@H]2C=C[C@H]1C2. The molecule has 2 aromatic carbocycles. The number of carbonyl (C=O) groups excluding carboxylic acids is 1. The van der Waals surface area contributed by atoms with Crippen LogP contribution < -0.4 is 5.32 Å². The highest BCUT2D eigenvalue weighted by molar-refractivity contribution is 5.87. The molecule has 0 unspecified atom stereocenters. The van der Waals surface area contributed by atoms with Crippen molar-refractivity contribution in [1.29, 1.82) is 0 Å². The van der Waals surface area contributed by atoms with E-state index in [9.17, 15) is 14.7 Å². The highest BCUT2D eigenvalue weighted by Crippen LogP contribution is 2.48. The minimum absolute atomic E-state index is 0.00624. The normalized spacial score (nSPS) is 23.7. The standard InChI is InChI=1S/C25H23N3O3/c29-24(21-17-11-12-18(13-17)22(21)25(30)31)26-14-19-15-28(20-9-5-2-6-10-20)27-23(19)16-7-3-1-4-8-16/h1-12,15,17-18,21-22H,13-14H2,(H,26,29)(H,30,31)/t17-,18+,21-,22+/m1/s1. The van der Waals surface area contributed by atoms with E-state index in [0.29, 0.717) is 6.54 Å². The van der Waals surface area contributed by atoms with Gasteiger partial charge in [0.15, 0.2) is 0 Å². The van der Waals surface area contributed by atoms with Crippen molar-refractivity contribution in [3.8, 4) is 16.9 Å². The van der Waals surface area contributed by atoms with Crippen LogP contribution >= 0.6 is 0 Å². The zero-order valence-electron chi connectivity index (χ0n) is 16.9. The molecule has 0 saturated heterocycles. The number of amides is 1. The van der Waals surface area contributed by atoms with Crippen molar-refractivity contribution in [3.63, 3.8) is 0 Å². The molecule has 1 fully saturated rings. The largest absolute Gasteiger partial charge is 0.481 e. The molecule has 1 aromatic heterocycles. The predicted molar refractivity (Wildman–Crippen MR) is 116 cm³/mol. The number of hydrogen-bond donors (Lipinski definition) is 2. The van der Waals surface area contributed by atoms with Crippen molar-refractivity contribution in [2.24, 2.45) is 23.7 Å². The minimum atomic E-state index is -0.890. The number of fused-ring (bicyclic) bond motifs is 2. The fourth-order valence-electron chi connectivity index (χ4n) is 4.91. The van der Waals surface area contributed by atoms with Crippen molar-refractivity contribution in [2.45, 2.75) is 13.0 Å². The number of para-hydroxylation sites is 1. The summed E-state index contributed by atoms with van der Waals surface area (Å²) < 4.78 is 1.81. The Kier molecular flexibility index (Phi) is 4.90. The van der Waals surface area contributed by atoms with E-state index < -0.39 is 17.8 Å². The average Bonchev–Trinajstić information content (AvgIpc) is 3.53. The number of aromatic nitrogens is 2. The Morgan fingerprint density at radius 3 is 2.29 bits per heavy atom. The van der Waals surface area contributed by atoms with E-state index in [4.69, 9.17) is 5.10 Å². The summed E-state index contributed by atoms with van der Waals surface area (Å²) >= 11 is 0. The first-order valence-corrected chi connectivity index (χ1v) is 10.5. The smallest absolute Gasteiger partial charge is 0.307 e. The van der Waals surface area contributed by atoms with Crippen LogP contribution in [0.3, 0.4) is 0 Å². The number of carboxylic acid groups (broad SMARTS) is 1. The number of rotatable bonds is 6. The van der Waals surface area contributed by atoms with Gasteiger partial charge in [0, 0.05) is 23.9 Å². The summed E-state index contributed by atoms with van der Waals surface area (Å²) in [6.45, 7) is 0.292. The van der Waals surface area contributed by atoms with Crippen molar-refractivity contribution < 1.29 is 14.7 Å². The van der Waals surface area contributed by atoms with E-state index in [0.717, 1.165) is 28.9 Å². The van der Waals surface area contributed by atoms with Crippen molar-refractivity contribution >= 4 is 11.9 Å². The maximum absolute atomic E-state index is 13.0. The average molecular weight is 413 g/mol. The Morgan fingerprint density at radius 2 is 1.61 bits per heavy atom. The molecule has 1 amide bonds. The van der Waals surface area contributed by atoms with Crippen LogP contribution in [0.25, 0.3) is 16.9 Å². The molecule has 2 N–H and O–H groups in total. The number of carboxylic acids is 1. The van der Waals surface area contributed by atoms with Gasteiger partial charge in [-0.1, -0.05) is 60.7 Å². The zero-order chi connectivity index (χ0) is 21.4.